The Kier molecular flexibility index (Phi) is 11.2. The number of rotatable bonds is 14. The first-order chi connectivity index (χ1) is 19.1. The first kappa shape index (κ1) is 30.7. The minimum Gasteiger partial charge on any atom is -0.494 e. The Morgan fingerprint density at radius 3 is 2.12 bits per heavy atom. The quantitative estimate of drug-likeness (QED) is 0.161. The van der Waals surface area contributed by atoms with E-state index in [9.17, 15) is 22.9 Å². The summed E-state index contributed by atoms with van der Waals surface area (Å²) in [5.74, 6) is 0.236. The predicted molar refractivity (Wildman–Crippen MR) is 144 cm³/mol. The average Bonchev–Trinajstić information content (AvgIpc) is 2.94. The van der Waals surface area contributed by atoms with Crippen molar-refractivity contribution in [3.63, 3.8) is 0 Å². The third-order valence-electron chi connectivity index (χ3n) is 5.81. The third-order valence-corrected chi connectivity index (χ3v) is 6.80. The van der Waals surface area contributed by atoms with Gasteiger partial charge in [0.05, 0.1) is 6.61 Å². The third kappa shape index (κ3) is 9.44. The van der Waals surface area contributed by atoms with Crippen molar-refractivity contribution in [3.05, 3.63) is 102 Å². The molecule has 1 unspecified atom stereocenters. The molecular weight excluding hydrogens is 545 g/mol. The lowest BCUT2D eigenvalue weighted by atomic mass is 10.0. The van der Waals surface area contributed by atoms with Crippen molar-refractivity contribution in [2.45, 2.75) is 37.6 Å². The van der Waals surface area contributed by atoms with Crippen molar-refractivity contribution >= 4 is 19.6 Å². The summed E-state index contributed by atoms with van der Waals surface area (Å²) in [6.07, 6.45) is 0.354. The zero-order chi connectivity index (χ0) is 29.0. The largest absolute Gasteiger partial charge is 0.494 e. The Labute approximate surface area is 230 Å². The SMILES string of the molecule is O=C(NC(Cc1ccc(C(F)(F)P(=O)(O)O)cc1)C(=O)NCCCCOc1ccccc1)OCc1ccccc1. The van der Waals surface area contributed by atoms with E-state index in [2.05, 4.69) is 10.6 Å². The maximum Gasteiger partial charge on any atom is 0.408 e. The van der Waals surface area contributed by atoms with E-state index < -0.39 is 36.9 Å². The molecule has 0 aliphatic rings. The summed E-state index contributed by atoms with van der Waals surface area (Å²) in [5.41, 5.74) is -4.09. The minimum absolute atomic E-state index is 0.0193. The van der Waals surface area contributed by atoms with Crippen LogP contribution in [0, 0.1) is 0 Å². The highest BCUT2D eigenvalue weighted by molar-refractivity contribution is 7.52. The fourth-order valence-electron chi connectivity index (χ4n) is 3.63. The molecule has 3 rings (SSSR count). The zero-order valence-corrected chi connectivity index (χ0v) is 22.4. The molecule has 12 heteroatoms. The lowest BCUT2D eigenvalue weighted by Gasteiger charge is -2.20. The number of halogens is 2. The molecule has 0 bridgehead atoms. The van der Waals surface area contributed by atoms with Crippen LogP contribution >= 0.6 is 7.60 Å². The highest BCUT2D eigenvalue weighted by atomic mass is 31.2. The van der Waals surface area contributed by atoms with Gasteiger partial charge in [-0.3, -0.25) is 9.36 Å². The van der Waals surface area contributed by atoms with Crippen LogP contribution in [0.1, 0.15) is 29.5 Å². The molecule has 0 radical (unpaired) electrons. The van der Waals surface area contributed by atoms with Crippen LogP contribution in [0.3, 0.4) is 0 Å². The number of alkyl halides is 2. The number of carbonyl (C=O) groups excluding carboxylic acids is 2. The van der Waals surface area contributed by atoms with Crippen LogP contribution in [0.5, 0.6) is 5.75 Å². The molecule has 0 aliphatic carbocycles. The van der Waals surface area contributed by atoms with Crippen LogP contribution in [0.2, 0.25) is 0 Å². The summed E-state index contributed by atoms with van der Waals surface area (Å²) in [6, 6.07) is 21.3. The topological polar surface area (TPSA) is 134 Å². The number of hydrogen-bond donors (Lipinski definition) is 4. The van der Waals surface area contributed by atoms with Gasteiger partial charge >= 0.3 is 19.4 Å². The summed E-state index contributed by atoms with van der Waals surface area (Å²) >= 11 is 0. The zero-order valence-electron chi connectivity index (χ0n) is 21.5. The fraction of sp³-hybridized carbons (Fsp3) is 0.286. The van der Waals surface area contributed by atoms with Gasteiger partial charge in [0.15, 0.2) is 0 Å². The summed E-state index contributed by atoms with van der Waals surface area (Å²) in [5, 5.41) is 5.26. The molecule has 0 saturated heterocycles. The Morgan fingerprint density at radius 1 is 0.875 bits per heavy atom. The standard InChI is InChI=1S/C28H31F2N2O7P/c29-28(30,40(35,36)37)23-15-13-21(14-16-23)19-25(32-27(34)39-20-22-9-3-1-4-10-22)26(33)31-17-7-8-18-38-24-11-5-2-6-12-24/h1-6,9-16,25H,7-8,17-20H2,(H,31,33)(H,32,34)(H2,35,36,37). The molecule has 0 spiro atoms. The number of para-hydroxylation sites is 1. The van der Waals surface area contributed by atoms with E-state index in [0.717, 1.165) is 23.4 Å². The van der Waals surface area contributed by atoms with Crippen molar-refractivity contribution in [1.82, 2.24) is 10.6 Å². The van der Waals surface area contributed by atoms with Crippen molar-refractivity contribution in [2.24, 2.45) is 0 Å². The van der Waals surface area contributed by atoms with Gasteiger partial charge in [0.1, 0.15) is 18.4 Å². The van der Waals surface area contributed by atoms with E-state index in [1.54, 1.807) is 24.3 Å². The van der Waals surface area contributed by atoms with Gasteiger partial charge < -0.3 is 29.9 Å². The van der Waals surface area contributed by atoms with E-state index in [-0.39, 0.29) is 13.0 Å². The molecule has 3 aromatic rings. The van der Waals surface area contributed by atoms with Crippen molar-refractivity contribution < 1.29 is 42.2 Å². The lowest BCUT2D eigenvalue weighted by molar-refractivity contribution is -0.123. The number of hydrogen-bond acceptors (Lipinski definition) is 5. The van der Waals surface area contributed by atoms with Gasteiger partial charge in [0.25, 0.3) is 0 Å². The van der Waals surface area contributed by atoms with Crippen LogP contribution < -0.4 is 15.4 Å². The Morgan fingerprint density at radius 2 is 1.50 bits per heavy atom. The van der Waals surface area contributed by atoms with Crippen LogP contribution in [0.15, 0.2) is 84.9 Å². The maximum absolute atomic E-state index is 14.0. The average molecular weight is 577 g/mol. The highest BCUT2D eigenvalue weighted by Gasteiger charge is 2.50. The summed E-state index contributed by atoms with van der Waals surface area (Å²) in [6.45, 7) is 0.745. The van der Waals surface area contributed by atoms with Crippen molar-refractivity contribution in [3.8, 4) is 5.75 Å². The molecule has 0 aliphatic heterocycles. The first-order valence-corrected chi connectivity index (χ1v) is 14.1. The van der Waals surface area contributed by atoms with Gasteiger partial charge in [-0.15, -0.1) is 0 Å². The van der Waals surface area contributed by atoms with Gasteiger partial charge in [0, 0.05) is 18.5 Å². The molecule has 2 amide bonds. The smallest absolute Gasteiger partial charge is 0.408 e. The molecule has 40 heavy (non-hydrogen) atoms. The molecule has 214 valence electrons. The van der Waals surface area contributed by atoms with Gasteiger partial charge in [-0.25, -0.2) is 4.79 Å². The van der Waals surface area contributed by atoms with Crippen LogP contribution in [0.4, 0.5) is 13.6 Å². The number of benzene rings is 3. The fourth-order valence-corrected chi connectivity index (χ4v) is 4.12. The normalized spacial score (nSPS) is 12.3. The first-order valence-electron chi connectivity index (χ1n) is 12.5. The number of nitrogens with one attached hydrogen (secondary N) is 2. The summed E-state index contributed by atoms with van der Waals surface area (Å²) in [4.78, 5) is 43.3. The molecule has 1 atom stereocenters. The van der Waals surface area contributed by atoms with E-state index in [1.165, 1.54) is 12.1 Å². The van der Waals surface area contributed by atoms with Gasteiger partial charge in [-0.2, -0.15) is 8.78 Å². The number of amides is 2. The van der Waals surface area contributed by atoms with Crippen LogP contribution in [-0.2, 0) is 32.8 Å². The maximum atomic E-state index is 14.0. The van der Waals surface area contributed by atoms with E-state index >= 15 is 0 Å². The highest BCUT2D eigenvalue weighted by Crippen LogP contribution is 2.59. The predicted octanol–water partition coefficient (Wildman–Crippen LogP) is 4.73. The molecule has 0 fully saturated rings. The van der Waals surface area contributed by atoms with Crippen molar-refractivity contribution in [2.75, 3.05) is 13.2 Å². The molecule has 0 heterocycles. The Bertz CT molecular complexity index is 1270. The second-order valence-corrected chi connectivity index (χ2v) is 10.6. The molecular formula is C28H31F2N2O7P. The van der Waals surface area contributed by atoms with E-state index in [1.807, 2.05) is 36.4 Å². The van der Waals surface area contributed by atoms with E-state index in [0.29, 0.717) is 31.6 Å². The summed E-state index contributed by atoms with van der Waals surface area (Å²) in [7, 11) is -5.72. The number of carbonyl (C=O) groups is 2. The molecule has 0 saturated carbocycles. The van der Waals surface area contributed by atoms with Gasteiger partial charge in [-0.05, 0) is 36.1 Å². The Hall–Kier alpha value is -3.79. The molecule has 4 N–H and O–H groups in total. The number of ether oxygens (including phenoxy) is 2. The van der Waals surface area contributed by atoms with Gasteiger partial charge in [-0.1, -0.05) is 72.8 Å². The van der Waals surface area contributed by atoms with Gasteiger partial charge in [0.2, 0.25) is 5.91 Å². The lowest BCUT2D eigenvalue weighted by Crippen LogP contribution is -2.48. The minimum atomic E-state index is -5.72. The molecule has 9 nitrogen and oxygen atoms in total. The second kappa shape index (κ2) is 14.6. The number of alkyl carbamates (subject to hydrolysis) is 1. The van der Waals surface area contributed by atoms with Crippen LogP contribution in [-0.4, -0.2) is 41.0 Å². The molecule has 3 aromatic carbocycles. The molecule has 0 aromatic heterocycles. The van der Waals surface area contributed by atoms with Crippen LogP contribution in [0.25, 0.3) is 0 Å². The van der Waals surface area contributed by atoms with E-state index in [4.69, 9.17) is 19.3 Å². The second-order valence-electron chi connectivity index (χ2n) is 8.90. The van der Waals surface area contributed by atoms with Crippen molar-refractivity contribution in [1.29, 1.82) is 0 Å². The Balaban J connectivity index is 1.58. The number of unbranched alkanes of at least 4 members (excludes halogenated alkanes) is 1. The summed E-state index contributed by atoms with van der Waals surface area (Å²) < 4.78 is 50.0. The monoisotopic (exact) mass is 576 g/mol.